The molecule has 0 amide bonds. The second-order valence-electron chi connectivity index (χ2n) is 6.60. The van der Waals surface area contributed by atoms with Crippen LogP contribution in [0.2, 0.25) is 0 Å². The van der Waals surface area contributed by atoms with Gasteiger partial charge in [-0.3, -0.25) is 4.98 Å². The quantitative estimate of drug-likeness (QED) is 0.706. The molecule has 0 unspecified atom stereocenters. The summed E-state index contributed by atoms with van der Waals surface area (Å²) in [6.45, 7) is 0.483. The lowest BCUT2D eigenvalue weighted by atomic mass is 10.1. The van der Waals surface area contributed by atoms with Gasteiger partial charge >= 0.3 is 0 Å². The summed E-state index contributed by atoms with van der Waals surface area (Å²) >= 11 is 0. The number of anilines is 1. The maximum Gasteiger partial charge on any atom is 0.242 e. The maximum atomic E-state index is 12.6. The average molecular weight is 372 g/mol. The summed E-state index contributed by atoms with van der Waals surface area (Å²) < 4.78 is 29.5. The van der Waals surface area contributed by atoms with Crippen molar-refractivity contribution in [3.05, 3.63) is 36.8 Å². The van der Waals surface area contributed by atoms with Crippen LogP contribution in [0.3, 0.4) is 0 Å². The molecule has 1 aliphatic carbocycles. The van der Waals surface area contributed by atoms with Crippen molar-refractivity contribution in [2.45, 2.75) is 30.6 Å². The molecule has 3 aromatic rings. The van der Waals surface area contributed by atoms with E-state index in [1.54, 1.807) is 29.0 Å². The molecular weight excluding hydrogens is 352 g/mol. The Labute approximate surface area is 151 Å². The van der Waals surface area contributed by atoms with E-state index >= 15 is 0 Å². The lowest BCUT2D eigenvalue weighted by Crippen LogP contribution is -2.28. The van der Waals surface area contributed by atoms with Crippen molar-refractivity contribution in [2.24, 2.45) is 5.92 Å². The number of pyridine rings is 2. The smallest absolute Gasteiger partial charge is 0.242 e. The monoisotopic (exact) mass is 372 g/mol. The molecule has 0 aromatic carbocycles. The summed E-state index contributed by atoms with van der Waals surface area (Å²) in [5.74, 6) is 0.619. The number of rotatable bonds is 5. The van der Waals surface area contributed by atoms with Gasteiger partial charge in [0.25, 0.3) is 0 Å². The molecule has 8 nitrogen and oxygen atoms in total. The number of hydrogen-bond donors (Lipinski definition) is 2. The van der Waals surface area contributed by atoms with Crippen molar-refractivity contribution in [1.82, 2.24) is 24.3 Å². The molecule has 3 N–H and O–H groups in total. The highest BCUT2D eigenvalue weighted by molar-refractivity contribution is 7.89. The second-order valence-corrected chi connectivity index (χ2v) is 8.37. The van der Waals surface area contributed by atoms with E-state index in [-0.39, 0.29) is 10.8 Å². The van der Waals surface area contributed by atoms with Crippen LogP contribution in [0.5, 0.6) is 0 Å². The number of nitrogens with zero attached hydrogens (tertiary/aromatic N) is 4. The largest absolute Gasteiger partial charge is 0.366 e. The molecule has 136 valence electrons. The first-order valence-electron chi connectivity index (χ1n) is 8.58. The van der Waals surface area contributed by atoms with Crippen molar-refractivity contribution >= 4 is 21.6 Å². The third-order valence-electron chi connectivity index (χ3n) is 4.74. The predicted molar refractivity (Wildman–Crippen MR) is 97.8 cm³/mol. The third kappa shape index (κ3) is 3.40. The fourth-order valence-electron chi connectivity index (χ4n) is 3.32. The van der Waals surface area contributed by atoms with E-state index in [1.807, 2.05) is 6.07 Å². The van der Waals surface area contributed by atoms with Gasteiger partial charge in [0.05, 0.1) is 0 Å². The number of nitrogens with one attached hydrogen (secondary N) is 1. The summed E-state index contributed by atoms with van der Waals surface area (Å²) in [6.07, 6.45) is 9.27. The molecule has 1 aliphatic rings. The minimum Gasteiger partial charge on any atom is -0.366 e. The third-order valence-corrected chi connectivity index (χ3v) is 6.13. The van der Waals surface area contributed by atoms with Gasteiger partial charge in [-0.25, -0.2) is 17.7 Å². The van der Waals surface area contributed by atoms with Crippen LogP contribution < -0.4 is 10.5 Å². The number of aromatic nitrogens is 4. The zero-order chi connectivity index (χ0) is 18.1. The minimum absolute atomic E-state index is 0.159. The minimum atomic E-state index is -3.58. The molecule has 26 heavy (non-hydrogen) atoms. The van der Waals surface area contributed by atoms with Crippen LogP contribution in [0.1, 0.15) is 25.7 Å². The Morgan fingerprint density at radius 3 is 2.81 bits per heavy atom. The molecular formula is C17H20N6O2S. The van der Waals surface area contributed by atoms with Gasteiger partial charge in [0.2, 0.25) is 16.0 Å². The average Bonchev–Trinajstić information content (AvgIpc) is 3.28. The first-order chi connectivity index (χ1) is 12.5. The van der Waals surface area contributed by atoms with E-state index in [0.717, 1.165) is 18.4 Å². The van der Waals surface area contributed by atoms with Gasteiger partial charge in [-0.1, -0.05) is 12.8 Å². The predicted octanol–water partition coefficient (Wildman–Crippen LogP) is 1.84. The van der Waals surface area contributed by atoms with Gasteiger partial charge in [0, 0.05) is 36.3 Å². The van der Waals surface area contributed by atoms with Crippen LogP contribution in [0, 0.1) is 5.92 Å². The molecule has 3 aromatic heterocycles. The molecule has 4 rings (SSSR count). The van der Waals surface area contributed by atoms with Crippen molar-refractivity contribution in [3.8, 4) is 11.1 Å². The highest BCUT2D eigenvalue weighted by atomic mass is 32.2. The molecule has 9 heteroatoms. The normalized spacial score (nSPS) is 15.7. The van der Waals surface area contributed by atoms with Crippen LogP contribution in [0.4, 0.5) is 5.95 Å². The van der Waals surface area contributed by atoms with Crippen molar-refractivity contribution < 1.29 is 8.42 Å². The molecule has 0 saturated heterocycles. The van der Waals surface area contributed by atoms with Crippen LogP contribution in [-0.4, -0.2) is 34.5 Å². The second kappa shape index (κ2) is 6.65. The summed E-state index contributed by atoms with van der Waals surface area (Å²) in [7, 11) is -3.58. The van der Waals surface area contributed by atoms with Crippen molar-refractivity contribution in [2.75, 3.05) is 12.3 Å². The highest BCUT2D eigenvalue weighted by Crippen LogP contribution is 2.25. The number of hydrogen-bond acceptors (Lipinski definition) is 6. The first-order valence-corrected chi connectivity index (χ1v) is 10.1. The van der Waals surface area contributed by atoms with Crippen LogP contribution in [0.25, 0.3) is 16.8 Å². The Balaban J connectivity index is 1.60. The topological polar surface area (TPSA) is 115 Å². The molecule has 0 bridgehead atoms. The van der Waals surface area contributed by atoms with Gasteiger partial charge in [0.1, 0.15) is 4.90 Å². The Bertz CT molecular complexity index is 1040. The Morgan fingerprint density at radius 1 is 1.19 bits per heavy atom. The maximum absolute atomic E-state index is 12.6. The molecule has 0 spiro atoms. The molecule has 0 radical (unpaired) electrons. The molecule has 1 fully saturated rings. The summed E-state index contributed by atoms with van der Waals surface area (Å²) in [4.78, 5) is 8.34. The summed E-state index contributed by atoms with van der Waals surface area (Å²) in [5, 5.41) is 4.08. The van der Waals surface area contributed by atoms with E-state index in [0.29, 0.717) is 23.7 Å². The SMILES string of the molecule is Nc1nc2ccc(-c3cncc(S(=O)(=O)NCC4CCCC4)c3)cn2n1. The first kappa shape index (κ1) is 16.9. The fourth-order valence-corrected chi connectivity index (χ4v) is 4.42. The van der Waals surface area contributed by atoms with E-state index in [4.69, 9.17) is 5.73 Å². The number of nitrogen functional groups attached to an aromatic ring is 1. The number of nitrogens with two attached hydrogens (primary N) is 1. The van der Waals surface area contributed by atoms with Gasteiger partial charge < -0.3 is 5.73 Å². The van der Waals surface area contributed by atoms with Gasteiger partial charge in [0.15, 0.2) is 5.65 Å². The lowest BCUT2D eigenvalue weighted by Gasteiger charge is -2.12. The summed E-state index contributed by atoms with van der Waals surface area (Å²) in [6, 6.07) is 5.23. The molecule has 0 atom stereocenters. The Kier molecular flexibility index (Phi) is 4.33. The summed E-state index contributed by atoms with van der Waals surface area (Å²) in [5.41, 5.74) is 7.69. The highest BCUT2D eigenvalue weighted by Gasteiger charge is 2.20. The van der Waals surface area contributed by atoms with E-state index < -0.39 is 10.0 Å². The molecule has 0 aliphatic heterocycles. The number of sulfonamides is 1. The standard InChI is InChI=1S/C17H20N6O2S/c18-17-21-16-6-5-13(11-23(16)22-17)14-7-15(10-19-9-14)26(24,25)20-8-12-3-1-2-4-12/h5-7,9-12,20H,1-4,8H2,(H2,18,22). The van der Waals surface area contributed by atoms with E-state index in [9.17, 15) is 8.42 Å². The van der Waals surface area contributed by atoms with Crippen molar-refractivity contribution in [3.63, 3.8) is 0 Å². The molecule has 1 saturated carbocycles. The van der Waals surface area contributed by atoms with E-state index in [1.165, 1.54) is 19.0 Å². The Hall–Kier alpha value is -2.52. The van der Waals surface area contributed by atoms with E-state index in [2.05, 4.69) is 19.8 Å². The van der Waals surface area contributed by atoms with Gasteiger partial charge in [-0.15, -0.1) is 5.10 Å². The van der Waals surface area contributed by atoms with Crippen molar-refractivity contribution in [1.29, 1.82) is 0 Å². The van der Waals surface area contributed by atoms with Crippen LogP contribution in [-0.2, 0) is 10.0 Å². The van der Waals surface area contributed by atoms with Gasteiger partial charge in [-0.2, -0.15) is 4.98 Å². The zero-order valence-corrected chi connectivity index (χ0v) is 15.0. The van der Waals surface area contributed by atoms with Gasteiger partial charge in [-0.05, 0) is 37.0 Å². The van der Waals surface area contributed by atoms with Crippen LogP contribution >= 0.6 is 0 Å². The molecule has 3 heterocycles. The lowest BCUT2D eigenvalue weighted by molar-refractivity contribution is 0.519. The number of fused-ring (bicyclic) bond motifs is 1. The zero-order valence-electron chi connectivity index (χ0n) is 14.2. The Morgan fingerprint density at radius 2 is 2.00 bits per heavy atom. The fraction of sp³-hybridized carbons (Fsp3) is 0.353. The van der Waals surface area contributed by atoms with Crippen LogP contribution in [0.15, 0.2) is 41.7 Å².